The van der Waals surface area contributed by atoms with Crippen LogP contribution in [-0.4, -0.2) is 19.6 Å². The molecule has 5 heteroatoms. The van der Waals surface area contributed by atoms with Gasteiger partial charge in [0.1, 0.15) is 11.6 Å². The first-order valence-electron chi connectivity index (χ1n) is 38.0. The molecule has 0 spiro atoms. The third-order valence-corrected chi connectivity index (χ3v) is 15.1. The van der Waals surface area contributed by atoms with Crippen LogP contribution in [0.1, 0.15) is 194 Å². The number of phenols is 1. The summed E-state index contributed by atoms with van der Waals surface area (Å²) < 4.78 is 215. The number of aromatic hydroxyl groups is 1. The number of aryl methyl sites for hydroxylation is 1. The van der Waals surface area contributed by atoms with Gasteiger partial charge in [0, 0.05) is 74.2 Å². The molecule has 1 aliphatic rings. The van der Waals surface area contributed by atoms with Crippen molar-refractivity contribution < 1.29 is 59.1 Å². The number of hydrogen-bond donors (Lipinski definition) is 1. The molecule has 2 aromatic heterocycles. The van der Waals surface area contributed by atoms with Crippen LogP contribution in [-0.2, 0) is 42.7 Å². The summed E-state index contributed by atoms with van der Waals surface area (Å²) >= 11 is 0. The SMILES string of the molecule is [2H]c1cnc(-c2[c-]c(-c3cccc4c3nc(-c3cc(C(C([2H])([2H])[2H])(C([2H])([2H])[2H])C([2H])([2H])[2H])cc(C(C([2H])([2H])[2H])(C([2H])([2H])[2H])C([2H])([2H])[2H])c3O)n4-c3ccc(C(C)(C)C)cc3-c3ccccc3)cc(C(C)(C)C)c2)c([2H])c1-c1ccc(-c2ccc(C3([2H])CCC(C)(C)CC3)cc2C([2H])([2H])[2H])cc1.[Pt]. The topological polar surface area (TPSA) is 50.9 Å². The zero-order valence-electron chi connectivity index (χ0n) is 69.2. The third kappa shape index (κ3) is 11.4. The molecule has 0 atom stereocenters. The van der Waals surface area contributed by atoms with E-state index >= 15 is 0 Å². The Morgan fingerprint density at radius 1 is 0.628 bits per heavy atom. The molecule has 10 rings (SSSR count). The Labute approximate surface area is 514 Å². The van der Waals surface area contributed by atoms with E-state index in [9.17, 15) is 9.22 Å². The van der Waals surface area contributed by atoms with Gasteiger partial charge in [-0.2, -0.15) is 0 Å². The minimum atomic E-state index is -4.21. The number of hydrogen-bond acceptors (Lipinski definition) is 3. The van der Waals surface area contributed by atoms with Crippen molar-refractivity contribution in [2.75, 3.05) is 0 Å². The molecule has 0 unspecified atom stereocenters. The van der Waals surface area contributed by atoms with E-state index in [1.807, 2.05) is 59.7 Å². The molecule has 1 N–H and O–H groups in total. The van der Waals surface area contributed by atoms with Crippen molar-refractivity contribution >= 4 is 11.0 Å². The molecule has 404 valence electrons. The first-order chi connectivity index (χ1) is 46.1. The third-order valence-electron chi connectivity index (χ3n) is 15.1. The van der Waals surface area contributed by atoms with E-state index in [4.69, 9.17) is 33.8 Å². The van der Waals surface area contributed by atoms with Crippen molar-refractivity contribution in [3.63, 3.8) is 0 Å². The van der Waals surface area contributed by atoms with Crippen molar-refractivity contribution in [2.45, 2.75) is 157 Å². The predicted octanol–water partition coefficient (Wildman–Crippen LogP) is 20.1. The number of phenolic OH excluding ortho intramolecular Hbond substituents is 1. The average molecular weight is 1230 g/mol. The first-order valence-corrected chi connectivity index (χ1v) is 26.0. The van der Waals surface area contributed by atoms with E-state index in [1.54, 1.807) is 103 Å². The molecule has 1 fully saturated rings. The predicted molar refractivity (Wildman–Crippen MR) is 327 cm³/mol. The van der Waals surface area contributed by atoms with E-state index < -0.39 is 104 Å². The maximum absolute atomic E-state index is 13.2. The van der Waals surface area contributed by atoms with Gasteiger partial charge in [-0.15, -0.1) is 29.3 Å². The number of benzene rings is 7. The zero-order chi connectivity index (χ0) is 75.1. The minimum Gasteiger partial charge on any atom is -0.507 e. The van der Waals surface area contributed by atoms with Crippen LogP contribution in [0.4, 0.5) is 0 Å². The van der Waals surface area contributed by atoms with Crippen molar-refractivity contribution in [3.05, 3.63) is 191 Å². The summed E-state index contributed by atoms with van der Waals surface area (Å²) in [6, 6.07) is 39.1. The molecule has 0 amide bonds. The Morgan fingerprint density at radius 2 is 1.28 bits per heavy atom. The Morgan fingerprint density at radius 3 is 1.96 bits per heavy atom. The molecule has 9 aromatic rings. The smallest absolute Gasteiger partial charge is 0.148 e. The van der Waals surface area contributed by atoms with Crippen LogP contribution >= 0.6 is 0 Å². The van der Waals surface area contributed by atoms with Crippen molar-refractivity contribution in [1.29, 1.82) is 0 Å². The van der Waals surface area contributed by atoms with Gasteiger partial charge in [0.2, 0.25) is 0 Å². The number of fused-ring (bicyclic) bond motifs is 1. The fraction of sp³-hybridized carbons (Fsp3) is 0.342. The summed E-state index contributed by atoms with van der Waals surface area (Å²) in [5.41, 5.74) is -6.71. The summed E-state index contributed by atoms with van der Waals surface area (Å²) in [4.78, 5) is 9.88. The van der Waals surface area contributed by atoms with Crippen molar-refractivity contribution in [3.8, 4) is 78.6 Å². The van der Waals surface area contributed by atoms with Gasteiger partial charge < -0.3 is 5.11 Å². The second-order valence-corrected chi connectivity index (χ2v) is 23.5. The molecule has 2 heterocycles. The fourth-order valence-corrected chi connectivity index (χ4v) is 10.4. The van der Waals surface area contributed by atoms with E-state index in [-0.39, 0.29) is 89.3 Å². The fourth-order valence-electron chi connectivity index (χ4n) is 10.4. The Bertz CT molecular complexity index is 4570. The maximum atomic E-state index is 13.2. The number of pyridine rings is 1. The zero-order valence-corrected chi connectivity index (χ0v) is 47.5. The molecule has 78 heavy (non-hydrogen) atoms. The number of rotatable bonds is 8. The minimum absolute atomic E-state index is 0. The second kappa shape index (κ2) is 21.0. The number of imidazole rings is 1. The van der Waals surface area contributed by atoms with E-state index in [2.05, 4.69) is 24.9 Å². The second-order valence-electron chi connectivity index (χ2n) is 23.5. The van der Waals surface area contributed by atoms with Crippen molar-refractivity contribution in [2.24, 2.45) is 5.41 Å². The Hall–Kier alpha value is -6.35. The Balaban J connectivity index is 0.0000121. The van der Waals surface area contributed by atoms with Gasteiger partial charge in [0.25, 0.3) is 0 Å². The summed E-state index contributed by atoms with van der Waals surface area (Å²) in [7, 11) is 0. The molecule has 7 aromatic carbocycles. The molecule has 1 aliphatic carbocycles. The molecular weight excluding hydrogens is 1130 g/mol. The molecule has 0 radical (unpaired) electrons. The molecule has 1 saturated carbocycles. The van der Waals surface area contributed by atoms with E-state index in [1.165, 1.54) is 10.8 Å². The monoisotopic (exact) mass is 1230 g/mol. The van der Waals surface area contributed by atoms with Gasteiger partial charge in [-0.25, -0.2) is 4.98 Å². The summed E-state index contributed by atoms with van der Waals surface area (Å²) in [6.07, 6.45) is 4.14. The van der Waals surface area contributed by atoms with Gasteiger partial charge in [-0.05, 0) is 146 Å². The number of aromatic nitrogens is 3. The van der Waals surface area contributed by atoms with Gasteiger partial charge in [-0.1, -0.05) is 211 Å². The van der Waals surface area contributed by atoms with E-state index in [0.29, 0.717) is 63.4 Å². The quantitative estimate of drug-likeness (QED) is 0.154. The largest absolute Gasteiger partial charge is 0.507 e. The van der Waals surface area contributed by atoms with Crippen LogP contribution in [0.25, 0.3) is 83.9 Å². The molecule has 0 saturated heterocycles. The van der Waals surface area contributed by atoms with Crippen LogP contribution in [0.2, 0.25) is 0 Å². The maximum Gasteiger partial charge on any atom is 0.148 e. The molecule has 4 nitrogen and oxygen atoms in total. The van der Waals surface area contributed by atoms with Crippen LogP contribution < -0.4 is 0 Å². The number of nitrogens with zero attached hydrogens (tertiary/aromatic N) is 3. The standard InChI is InChI=1S/C73H80N3O.Pt/c1-46-38-51(48-32-35-73(14,15)36-33-48)28-30-58(46)50-26-24-47(25-27-50)52-34-37-74-63(42-52)54-39-53(40-56(41-54)70(5,6)7)59-22-19-23-65-66(59)75-68(61-44-57(71(8,9)10)45-62(67(61)77)72(11,12)13)76(65)64-31-29-55(69(2,3)4)43-60(64)49-20-17-16-18-21-49;/h16-31,34,37-38,40-45,48,77H,32-33,35-36H2,1-15H3;/q-1;/i1D3,8D3,9D3,10D3,11D3,12D3,13D3,34D,42D,48D;. The van der Waals surface area contributed by atoms with Crippen molar-refractivity contribution in [1.82, 2.24) is 14.5 Å². The molecular formula is C73H80N3OPt-. The van der Waals surface area contributed by atoms with Crippen LogP contribution in [0, 0.1) is 18.3 Å². The Kier molecular flexibility index (Phi) is 8.98. The molecule has 0 aliphatic heterocycles. The molecule has 0 bridgehead atoms. The summed E-state index contributed by atoms with van der Waals surface area (Å²) in [6.45, 7) is -11.3. The van der Waals surface area contributed by atoms with E-state index in [0.717, 1.165) is 18.4 Å². The van der Waals surface area contributed by atoms with Gasteiger partial charge in [0.15, 0.2) is 0 Å². The van der Waals surface area contributed by atoms with Crippen LogP contribution in [0.5, 0.6) is 5.75 Å². The summed E-state index contributed by atoms with van der Waals surface area (Å²) in [5.74, 6) is -2.86. The average Bonchev–Trinajstić information content (AvgIpc) is 0.841. The summed E-state index contributed by atoms with van der Waals surface area (Å²) in [5, 5.41) is 13.2. The van der Waals surface area contributed by atoms with Gasteiger partial charge in [-0.3, -0.25) is 9.55 Å². The normalized spacial score (nSPS) is 20.5. The number of para-hydroxylation sites is 1. The van der Waals surface area contributed by atoms with Gasteiger partial charge >= 0.3 is 0 Å². The van der Waals surface area contributed by atoms with Crippen LogP contribution in [0.15, 0.2) is 152 Å². The first kappa shape index (κ1) is 33.3. The van der Waals surface area contributed by atoms with Crippen LogP contribution in [0.3, 0.4) is 0 Å². The van der Waals surface area contributed by atoms with Gasteiger partial charge in [0.05, 0.1) is 25.0 Å².